The lowest BCUT2D eigenvalue weighted by molar-refractivity contribution is 0.108. The van der Waals surface area contributed by atoms with E-state index in [0.29, 0.717) is 0 Å². The molecule has 0 amide bonds. The van der Waals surface area contributed by atoms with Gasteiger partial charge in [0.15, 0.2) is 0 Å². The van der Waals surface area contributed by atoms with E-state index in [1.54, 1.807) is 0 Å². The molecule has 0 unspecified atom stereocenters. The average Bonchev–Trinajstić information content (AvgIpc) is 2.49. The molecule has 5 heteroatoms. The first-order valence-corrected chi connectivity index (χ1v) is 7.56. The van der Waals surface area contributed by atoms with E-state index in [4.69, 9.17) is 5.11 Å². The Balaban J connectivity index is 1.87. The molecular weight excluding hydrogens is 252 g/mol. The minimum absolute atomic E-state index is 0.258. The number of hydrogen-bond acceptors (Lipinski definition) is 5. The van der Waals surface area contributed by atoms with Crippen molar-refractivity contribution in [3.05, 3.63) is 23.9 Å². The van der Waals surface area contributed by atoms with E-state index in [0.717, 1.165) is 58.1 Å². The average molecular weight is 278 g/mol. The van der Waals surface area contributed by atoms with Crippen LogP contribution in [0, 0.1) is 0 Å². The fraction of sp³-hybridized carbons (Fsp3) is 0.667. The van der Waals surface area contributed by atoms with E-state index in [9.17, 15) is 0 Å². The van der Waals surface area contributed by atoms with E-state index in [1.165, 1.54) is 5.56 Å². The quantitative estimate of drug-likeness (QED) is 0.780. The van der Waals surface area contributed by atoms with Crippen LogP contribution in [0.5, 0.6) is 0 Å². The highest BCUT2D eigenvalue weighted by Crippen LogP contribution is 2.15. The van der Waals surface area contributed by atoms with Crippen molar-refractivity contribution in [3.63, 3.8) is 0 Å². The SMILES string of the molecule is CCCNc1ncccc1CN1CCN(CCO)CC1. The van der Waals surface area contributed by atoms with E-state index in [2.05, 4.69) is 33.1 Å². The smallest absolute Gasteiger partial charge is 0.130 e. The molecule has 1 aromatic rings. The molecule has 0 saturated carbocycles. The van der Waals surface area contributed by atoms with E-state index in [1.807, 2.05) is 12.3 Å². The second-order valence-corrected chi connectivity index (χ2v) is 5.28. The van der Waals surface area contributed by atoms with Crippen molar-refractivity contribution in [2.24, 2.45) is 0 Å². The fourth-order valence-corrected chi connectivity index (χ4v) is 2.52. The third-order valence-electron chi connectivity index (χ3n) is 3.71. The zero-order valence-corrected chi connectivity index (χ0v) is 12.4. The van der Waals surface area contributed by atoms with Crippen LogP contribution in [0.25, 0.3) is 0 Å². The Hall–Kier alpha value is -1.17. The summed E-state index contributed by atoms with van der Waals surface area (Å²) in [6, 6.07) is 4.17. The molecule has 1 aliphatic heterocycles. The van der Waals surface area contributed by atoms with Crippen molar-refractivity contribution in [1.82, 2.24) is 14.8 Å². The molecule has 5 nitrogen and oxygen atoms in total. The van der Waals surface area contributed by atoms with Gasteiger partial charge in [0.1, 0.15) is 5.82 Å². The monoisotopic (exact) mass is 278 g/mol. The van der Waals surface area contributed by atoms with Gasteiger partial charge in [-0.1, -0.05) is 13.0 Å². The van der Waals surface area contributed by atoms with Gasteiger partial charge in [-0.25, -0.2) is 4.98 Å². The van der Waals surface area contributed by atoms with Crippen LogP contribution in [-0.4, -0.2) is 65.8 Å². The van der Waals surface area contributed by atoms with Crippen LogP contribution in [0.15, 0.2) is 18.3 Å². The number of piperazine rings is 1. The summed E-state index contributed by atoms with van der Waals surface area (Å²) < 4.78 is 0. The Labute approximate surface area is 121 Å². The van der Waals surface area contributed by atoms with E-state index >= 15 is 0 Å². The molecule has 1 aromatic heterocycles. The summed E-state index contributed by atoms with van der Waals surface area (Å²) in [5, 5.41) is 12.4. The molecule has 0 atom stereocenters. The molecule has 0 aliphatic carbocycles. The first-order valence-electron chi connectivity index (χ1n) is 7.56. The lowest BCUT2D eigenvalue weighted by Gasteiger charge is -2.34. The zero-order chi connectivity index (χ0) is 14.2. The van der Waals surface area contributed by atoms with Crippen molar-refractivity contribution < 1.29 is 5.11 Å². The van der Waals surface area contributed by atoms with E-state index in [-0.39, 0.29) is 6.61 Å². The normalized spacial score (nSPS) is 17.3. The van der Waals surface area contributed by atoms with Gasteiger partial charge < -0.3 is 10.4 Å². The second-order valence-electron chi connectivity index (χ2n) is 5.28. The Morgan fingerprint density at radius 1 is 1.25 bits per heavy atom. The molecule has 0 radical (unpaired) electrons. The number of hydrogen-bond donors (Lipinski definition) is 2. The van der Waals surface area contributed by atoms with Gasteiger partial charge in [-0.15, -0.1) is 0 Å². The van der Waals surface area contributed by atoms with Gasteiger partial charge in [-0.3, -0.25) is 9.80 Å². The maximum Gasteiger partial charge on any atom is 0.130 e. The molecule has 0 spiro atoms. The molecule has 0 bridgehead atoms. The number of β-amino-alcohol motifs (C(OH)–C–C–N with tert-alkyl or cyclic N) is 1. The maximum absolute atomic E-state index is 8.97. The highest BCUT2D eigenvalue weighted by molar-refractivity contribution is 5.43. The lowest BCUT2D eigenvalue weighted by atomic mass is 10.2. The van der Waals surface area contributed by atoms with Gasteiger partial charge >= 0.3 is 0 Å². The van der Waals surface area contributed by atoms with Gasteiger partial charge in [0.25, 0.3) is 0 Å². The van der Waals surface area contributed by atoms with Crippen molar-refractivity contribution in [2.75, 3.05) is 51.2 Å². The largest absolute Gasteiger partial charge is 0.395 e. The van der Waals surface area contributed by atoms with Crippen LogP contribution >= 0.6 is 0 Å². The van der Waals surface area contributed by atoms with Gasteiger partial charge in [0, 0.05) is 57.6 Å². The number of aliphatic hydroxyl groups excluding tert-OH is 1. The second kappa shape index (κ2) is 8.19. The highest BCUT2D eigenvalue weighted by atomic mass is 16.3. The topological polar surface area (TPSA) is 51.6 Å². The van der Waals surface area contributed by atoms with Gasteiger partial charge in [-0.2, -0.15) is 0 Å². The summed E-state index contributed by atoms with van der Waals surface area (Å²) >= 11 is 0. The molecule has 1 fully saturated rings. The van der Waals surface area contributed by atoms with Gasteiger partial charge in [-0.05, 0) is 12.5 Å². The Kier molecular flexibility index (Phi) is 6.24. The number of rotatable bonds is 7. The van der Waals surface area contributed by atoms with Crippen LogP contribution in [-0.2, 0) is 6.54 Å². The standard InChI is InChI=1S/C15H26N4O/c1-2-5-16-15-14(4-3-6-17-15)13-19-9-7-18(8-10-19)11-12-20/h3-4,6,20H,2,5,7-13H2,1H3,(H,16,17). The number of aliphatic hydroxyl groups is 1. The van der Waals surface area contributed by atoms with Crippen LogP contribution in [0.2, 0.25) is 0 Å². The minimum atomic E-state index is 0.258. The van der Waals surface area contributed by atoms with Crippen LogP contribution in [0.4, 0.5) is 5.82 Å². The number of nitrogens with one attached hydrogen (secondary N) is 1. The lowest BCUT2D eigenvalue weighted by Crippen LogP contribution is -2.46. The molecule has 2 rings (SSSR count). The van der Waals surface area contributed by atoms with Crippen LogP contribution in [0.1, 0.15) is 18.9 Å². The van der Waals surface area contributed by atoms with E-state index < -0.39 is 0 Å². The molecule has 2 heterocycles. The summed E-state index contributed by atoms with van der Waals surface area (Å²) in [7, 11) is 0. The fourth-order valence-electron chi connectivity index (χ4n) is 2.52. The number of anilines is 1. The Morgan fingerprint density at radius 2 is 2.00 bits per heavy atom. The summed E-state index contributed by atoms with van der Waals surface area (Å²) in [5.74, 6) is 1.02. The molecule has 0 aromatic carbocycles. The number of aromatic nitrogens is 1. The summed E-state index contributed by atoms with van der Waals surface area (Å²) in [5.41, 5.74) is 1.27. The van der Waals surface area contributed by atoms with Crippen molar-refractivity contribution in [2.45, 2.75) is 19.9 Å². The first kappa shape index (κ1) is 15.2. The molecule has 2 N–H and O–H groups in total. The van der Waals surface area contributed by atoms with Gasteiger partial charge in [0.05, 0.1) is 6.61 Å². The highest BCUT2D eigenvalue weighted by Gasteiger charge is 2.17. The third kappa shape index (κ3) is 4.44. The zero-order valence-electron chi connectivity index (χ0n) is 12.4. The predicted octanol–water partition coefficient (Wildman–Crippen LogP) is 1.01. The molecule has 1 saturated heterocycles. The maximum atomic E-state index is 8.97. The minimum Gasteiger partial charge on any atom is -0.395 e. The summed E-state index contributed by atoms with van der Waals surface area (Å²) in [6.07, 6.45) is 2.95. The van der Waals surface area contributed by atoms with Crippen molar-refractivity contribution in [1.29, 1.82) is 0 Å². The van der Waals surface area contributed by atoms with Crippen molar-refractivity contribution in [3.8, 4) is 0 Å². The Bertz CT molecular complexity index is 391. The molecule has 20 heavy (non-hydrogen) atoms. The predicted molar refractivity (Wildman–Crippen MR) is 81.8 cm³/mol. The molecule has 112 valence electrons. The van der Waals surface area contributed by atoms with Gasteiger partial charge in [0.2, 0.25) is 0 Å². The van der Waals surface area contributed by atoms with Crippen molar-refractivity contribution >= 4 is 5.82 Å². The molecule has 1 aliphatic rings. The number of nitrogens with zero attached hydrogens (tertiary/aromatic N) is 3. The summed E-state index contributed by atoms with van der Waals surface area (Å²) in [4.78, 5) is 9.22. The van der Waals surface area contributed by atoms with Crippen LogP contribution < -0.4 is 5.32 Å². The third-order valence-corrected chi connectivity index (χ3v) is 3.71. The summed E-state index contributed by atoms with van der Waals surface area (Å²) in [6.45, 7) is 9.33. The Morgan fingerprint density at radius 3 is 2.70 bits per heavy atom. The molecular formula is C15H26N4O. The first-order chi connectivity index (χ1) is 9.83. The number of pyridine rings is 1. The van der Waals surface area contributed by atoms with Crippen LogP contribution in [0.3, 0.4) is 0 Å².